The van der Waals surface area contributed by atoms with Crippen LogP contribution in [0.2, 0.25) is 0 Å². The van der Waals surface area contributed by atoms with Gasteiger partial charge in [0.2, 0.25) is 0 Å². The molecule has 0 aliphatic carbocycles. The van der Waals surface area contributed by atoms with Crippen LogP contribution >= 0.6 is 0 Å². The van der Waals surface area contributed by atoms with Crippen molar-refractivity contribution in [1.82, 2.24) is 45.0 Å². The first-order chi connectivity index (χ1) is 25.8. The van der Waals surface area contributed by atoms with Crippen molar-refractivity contribution >= 4 is 0 Å². The molecule has 0 amide bonds. The molecular weight excluding hydrogens is 675 g/mol. The molecule has 4 aromatic heterocycles. The Morgan fingerprint density at radius 3 is 1.41 bits per heavy atom. The third-order valence-electron chi connectivity index (χ3n) is 8.86. The van der Waals surface area contributed by atoms with Crippen molar-refractivity contribution < 1.29 is 9.47 Å². The van der Waals surface area contributed by atoms with E-state index in [9.17, 15) is 0 Å². The molecule has 2 fully saturated rings. The van der Waals surface area contributed by atoms with Crippen LogP contribution in [0, 0.1) is 11.8 Å². The Morgan fingerprint density at radius 2 is 1.07 bits per heavy atom. The molecule has 0 spiro atoms. The lowest BCUT2D eigenvalue weighted by atomic mass is 9.89. The number of hydrogen-bond acceptors (Lipinski definition) is 11. The van der Waals surface area contributed by atoms with Crippen molar-refractivity contribution in [2.45, 2.75) is 126 Å². The molecule has 300 valence electrons. The molecular formula is C43H71N9O2. The normalized spacial score (nSPS) is 14.4. The van der Waals surface area contributed by atoms with Gasteiger partial charge >= 0.3 is 0 Å². The lowest BCUT2D eigenvalue weighted by Crippen LogP contribution is -2.40. The second-order valence-corrected chi connectivity index (χ2v) is 15.1. The van der Waals surface area contributed by atoms with Gasteiger partial charge in [-0.1, -0.05) is 69.2 Å². The predicted molar refractivity (Wildman–Crippen MR) is 220 cm³/mol. The minimum Gasteiger partial charge on any atom is -0.381 e. The topological polar surface area (TPSA) is 125 Å². The van der Waals surface area contributed by atoms with Crippen LogP contribution in [0.15, 0.2) is 74.2 Å². The maximum absolute atomic E-state index is 5.25. The van der Waals surface area contributed by atoms with Gasteiger partial charge in [0.15, 0.2) is 0 Å². The van der Waals surface area contributed by atoms with Gasteiger partial charge in [-0.2, -0.15) is 10.2 Å². The molecule has 0 unspecified atom stereocenters. The fourth-order valence-electron chi connectivity index (χ4n) is 5.06. The molecule has 2 saturated heterocycles. The molecule has 54 heavy (non-hydrogen) atoms. The first-order valence-corrected chi connectivity index (χ1v) is 19.8. The highest BCUT2D eigenvalue weighted by Gasteiger charge is 2.16. The van der Waals surface area contributed by atoms with Gasteiger partial charge in [0, 0.05) is 68.7 Å². The Kier molecular flexibility index (Phi) is 26.4. The summed E-state index contributed by atoms with van der Waals surface area (Å²) in [6.45, 7) is 32.0. The highest BCUT2D eigenvalue weighted by molar-refractivity contribution is 5.13. The molecule has 0 saturated carbocycles. The summed E-state index contributed by atoms with van der Waals surface area (Å²) in [5, 5.41) is 7.43. The molecule has 0 N–H and O–H groups in total. The maximum atomic E-state index is 5.25. The monoisotopic (exact) mass is 746 g/mol. The summed E-state index contributed by atoms with van der Waals surface area (Å²) in [6.07, 6.45) is 16.1. The van der Waals surface area contributed by atoms with Gasteiger partial charge in [0.05, 0.1) is 19.4 Å². The first-order valence-electron chi connectivity index (χ1n) is 19.8. The van der Waals surface area contributed by atoms with Crippen molar-refractivity contribution in [2.24, 2.45) is 11.8 Å². The van der Waals surface area contributed by atoms with Gasteiger partial charge in [-0.25, -0.2) is 24.9 Å². The predicted octanol–water partition coefficient (Wildman–Crippen LogP) is 9.20. The fraction of sp³-hybridized carbons (Fsp3) is 0.628. The van der Waals surface area contributed by atoms with Crippen molar-refractivity contribution in [2.75, 3.05) is 39.5 Å². The minimum absolute atomic E-state index is 0.396. The average molecular weight is 746 g/mol. The highest BCUT2D eigenvalue weighted by atomic mass is 16.5. The van der Waals surface area contributed by atoms with Crippen LogP contribution in [-0.4, -0.2) is 90.6 Å². The van der Waals surface area contributed by atoms with Crippen molar-refractivity contribution in [3.63, 3.8) is 0 Å². The van der Waals surface area contributed by atoms with E-state index >= 15 is 0 Å². The number of pyridine rings is 1. The smallest absolute Gasteiger partial charge is 0.134 e. The van der Waals surface area contributed by atoms with Crippen LogP contribution in [0.5, 0.6) is 0 Å². The zero-order valence-corrected chi connectivity index (χ0v) is 35.5. The lowest BCUT2D eigenvalue weighted by molar-refractivity contribution is 0.0238. The summed E-state index contributed by atoms with van der Waals surface area (Å²) >= 11 is 0. The SMILES string of the molecule is CC(C)C1CCOCC1.CC(C)N1CCOCC1.CC(C)c1ccncc1.CC(C)c1ccncn1.CC(C)c1ccnnc1.CC(C)c1ncncn1. The third-order valence-corrected chi connectivity index (χ3v) is 8.86. The van der Waals surface area contributed by atoms with Gasteiger partial charge < -0.3 is 9.47 Å². The Morgan fingerprint density at radius 1 is 0.537 bits per heavy atom. The van der Waals surface area contributed by atoms with E-state index in [1.807, 2.05) is 36.7 Å². The third kappa shape index (κ3) is 23.1. The second kappa shape index (κ2) is 29.5. The van der Waals surface area contributed by atoms with Crippen molar-refractivity contribution in [1.29, 1.82) is 0 Å². The molecule has 6 rings (SSSR count). The van der Waals surface area contributed by atoms with Gasteiger partial charge in [0.1, 0.15) is 24.8 Å². The van der Waals surface area contributed by atoms with Crippen LogP contribution in [0.3, 0.4) is 0 Å². The van der Waals surface area contributed by atoms with Crippen LogP contribution in [0.1, 0.15) is 142 Å². The van der Waals surface area contributed by atoms with Crippen LogP contribution in [0.25, 0.3) is 0 Å². The summed E-state index contributed by atoms with van der Waals surface area (Å²) in [7, 11) is 0. The molecule has 11 heteroatoms. The molecule has 0 aromatic carbocycles. The van der Waals surface area contributed by atoms with E-state index in [1.54, 1.807) is 24.9 Å². The standard InChI is InChI=1S/C8H11N.C8H16O.2C7H10N2.C7H15NO.C6H9N3/c2*1-7(2)8-3-5-9-6-4-8;1-6(2)7-3-4-8-5-9-7;1-6(2)7-3-4-8-9-5-7;1-7(2)8-3-5-9-6-4-8;1-5(2)6-8-3-7-4-9-6/h3-7H,1-2H3;7-8H,3-6H2,1-2H3;2*3-6H,1-2H3;7H,3-6H2,1-2H3;3-5H,1-2H3. The van der Waals surface area contributed by atoms with E-state index in [2.05, 4.69) is 128 Å². The van der Waals surface area contributed by atoms with Crippen LogP contribution < -0.4 is 0 Å². The first kappa shape index (κ1) is 48.2. The van der Waals surface area contributed by atoms with E-state index < -0.39 is 0 Å². The number of aromatic nitrogens is 8. The average Bonchev–Trinajstić information content (AvgIpc) is 3.21. The quantitative estimate of drug-likeness (QED) is 0.188. The van der Waals surface area contributed by atoms with Crippen LogP contribution in [-0.2, 0) is 9.47 Å². The number of hydrogen-bond donors (Lipinski definition) is 0. The van der Waals surface area contributed by atoms with Crippen LogP contribution in [0.4, 0.5) is 0 Å². The molecule has 0 bridgehead atoms. The molecule has 0 atom stereocenters. The molecule has 2 aliphatic heterocycles. The van der Waals surface area contributed by atoms with E-state index in [-0.39, 0.29) is 0 Å². The summed E-state index contributed by atoms with van der Waals surface area (Å²) in [4.78, 5) is 25.9. The van der Waals surface area contributed by atoms with Gasteiger partial charge in [-0.15, -0.1) is 0 Å². The van der Waals surface area contributed by atoms with Gasteiger partial charge in [-0.3, -0.25) is 9.88 Å². The molecule has 0 radical (unpaired) electrons. The summed E-state index contributed by atoms with van der Waals surface area (Å²) in [5.74, 6) is 4.71. The zero-order chi connectivity index (χ0) is 40.1. The van der Waals surface area contributed by atoms with Gasteiger partial charge in [-0.05, 0) is 91.7 Å². The van der Waals surface area contributed by atoms with Gasteiger partial charge in [0.25, 0.3) is 0 Å². The Balaban J connectivity index is 0.000000324. The largest absolute Gasteiger partial charge is 0.381 e. The van der Waals surface area contributed by atoms with E-state index in [0.29, 0.717) is 29.7 Å². The van der Waals surface area contributed by atoms with E-state index in [0.717, 1.165) is 62.9 Å². The zero-order valence-electron chi connectivity index (χ0n) is 35.5. The number of rotatable bonds is 6. The molecule has 11 nitrogen and oxygen atoms in total. The van der Waals surface area contributed by atoms with Crippen molar-refractivity contribution in [3.05, 3.63) is 96.9 Å². The summed E-state index contributed by atoms with van der Waals surface area (Å²) in [6, 6.07) is 8.70. The molecule has 2 aliphatic rings. The number of nitrogens with zero attached hydrogens (tertiary/aromatic N) is 9. The Labute approximate surface area is 327 Å². The highest BCUT2D eigenvalue weighted by Crippen LogP contribution is 2.22. The lowest BCUT2D eigenvalue weighted by Gasteiger charge is -2.29. The Bertz CT molecular complexity index is 1190. The van der Waals surface area contributed by atoms with E-state index in [1.165, 1.54) is 36.6 Å². The van der Waals surface area contributed by atoms with Crippen molar-refractivity contribution in [3.8, 4) is 0 Å². The fourth-order valence-corrected chi connectivity index (χ4v) is 5.06. The molecule has 4 aromatic rings. The number of ether oxygens (including phenoxy) is 2. The van der Waals surface area contributed by atoms with E-state index in [4.69, 9.17) is 9.47 Å². The summed E-state index contributed by atoms with van der Waals surface area (Å²) in [5.41, 5.74) is 3.69. The minimum atomic E-state index is 0.396. The second-order valence-electron chi connectivity index (χ2n) is 15.1. The maximum Gasteiger partial charge on any atom is 0.134 e. The Hall–Kier alpha value is -3.80. The molecule has 6 heterocycles. The number of morpholine rings is 1. The summed E-state index contributed by atoms with van der Waals surface area (Å²) < 4.78 is 10.5.